The Kier molecular flexibility index (Phi) is 16.0. The maximum Gasteiger partial charge on any atom is 0.328 e. The first-order chi connectivity index (χ1) is 34.4. The molecule has 4 heterocycles. The van der Waals surface area contributed by atoms with Gasteiger partial charge in [0.05, 0.1) is 64.0 Å². The number of aryl methyl sites for hydroxylation is 1. The van der Waals surface area contributed by atoms with E-state index in [1.165, 1.54) is 24.1 Å². The highest BCUT2D eigenvalue weighted by Crippen LogP contribution is 2.39. The van der Waals surface area contributed by atoms with Crippen LogP contribution in [0.25, 0.3) is 22.9 Å². The van der Waals surface area contributed by atoms with Crippen molar-refractivity contribution >= 4 is 58.7 Å². The van der Waals surface area contributed by atoms with Gasteiger partial charge in [0, 0.05) is 61.4 Å². The van der Waals surface area contributed by atoms with E-state index < -0.39 is 17.8 Å². The standard InChI is InChI=1S/C51H57FN10O9/c1-31-6-9-35(26-40(31)61-20-16-42(63)58-51(61)68)49(66)54-18-22-71-24-23-70-21-17-44(65)60-19-4-3-5-38-29-55-47(53)46-45(59-48(62(38)46)34-12-14-37(25-34)57-43(64)30-60)33-10-7-32(8-11-33)28-56-50(67)39-27-36(52)13-15-41(39)69-2/h3,5-11,13,15,26-27,29,34,37H,4,12,14,16-25,28,30H2,1-2H3,(H2,53,55)(H,54,66)(H,56,67)(H,57,64)(H,58,63,68)/b5-3+/t34-,37-/m1/s1. The lowest BCUT2D eigenvalue weighted by molar-refractivity contribution is -0.137. The van der Waals surface area contributed by atoms with Gasteiger partial charge in [-0.15, -0.1) is 0 Å². The maximum atomic E-state index is 13.9. The summed E-state index contributed by atoms with van der Waals surface area (Å²) in [4.78, 5) is 89.4. The molecule has 372 valence electrons. The number of nitrogen functional groups attached to an aromatic ring is 1. The van der Waals surface area contributed by atoms with E-state index in [0.29, 0.717) is 47.7 Å². The fraction of sp³-hybridized carbons (Fsp3) is 0.373. The summed E-state index contributed by atoms with van der Waals surface area (Å²) in [5.41, 5.74) is 12.1. The van der Waals surface area contributed by atoms with Crippen molar-refractivity contribution in [1.82, 2.24) is 40.5 Å². The number of urea groups is 1. The molecule has 2 bridgehead atoms. The van der Waals surface area contributed by atoms with Crippen molar-refractivity contribution in [2.45, 2.75) is 64.0 Å². The smallest absolute Gasteiger partial charge is 0.328 e. The number of carbonyl (C=O) groups is 6. The molecule has 1 saturated heterocycles. The Hall–Kier alpha value is -7.71. The first-order valence-electron chi connectivity index (χ1n) is 23.6. The van der Waals surface area contributed by atoms with Crippen LogP contribution in [0.3, 0.4) is 0 Å². The van der Waals surface area contributed by atoms with Crippen LogP contribution in [-0.4, -0.2) is 121 Å². The highest BCUT2D eigenvalue weighted by atomic mass is 19.1. The molecule has 3 aliphatic rings. The van der Waals surface area contributed by atoms with Crippen molar-refractivity contribution in [2.75, 3.05) is 70.3 Å². The van der Waals surface area contributed by atoms with Crippen molar-refractivity contribution in [2.24, 2.45) is 0 Å². The zero-order valence-electron chi connectivity index (χ0n) is 39.6. The highest BCUT2D eigenvalue weighted by molar-refractivity contribution is 6.06. The number of benzene rings is 3. The zero-order valence-corrected chi connectivity index (χ0v) is 39.6. The number of hydrogen-bond donors (Lipinski definition) is 5. The average molecular weight is 973 g/mol. The van der Waals surface area contributed by atoms with Gasteiger partial charge in [0.25, 0.3) is 11.8 Å². The molecule has 3 aromatic carbocycles. The number of anilines is 2. The third kappa shape index (κ3) is 12.0. The number of hydrogen-bond acceptors (Lipinski definition) is 12. The van der Waals surface area contributed by atoms with Gasteiger partial charge in [-0.1, -0.05) is 36.4 Å². The van der Waals surface area contributed by atoms with Gasteiger partial charge < -0.3 is 40.8 Å². The fourth-order valence-corrected chi connectivity index (χ4v) is 9.03. The summed E-state index contributed by atoms with van der Waals surface area (Å²) in [5.74, 6) is -0.770. The number of nitrogens with two attached hydrogens (primary N) is 1. The first-order valence-corrected chi connectivity index (χ1v) is 23.6. The Morgan fingerprint density at radius 3 is 2.51 bits per heavy atom. The van der Waals surface area contributed by atoms with Crippen molar-refractivity contribution in [3.8, 4) is 17.0 Å². The normalized spacial score (nSPS) is 17.6. The Morgan fingerprint density at radius 1 is 0.915 bits per heavy atom. The van der Waals surface area contributed by atoms with Crippen LogP contribution < -0.4 is 36.6 Å². The number of rotatable bonds is 16. The summed E-state index contributed by atoms with van der Waals surface area (Å²) >= 11 is 0. The van der Waals surface area contributed by atoms with Crippen molar-refractivity contribution < 1.29 is 47.4 Å². The number of ether oxygens (including phenoxy) is 3. The summed E-state index contributed by atoms with van der Waals surface area (Å²) < 4.78 is 32.5. The van der Waals surface area contributed by atoms with E-state index in [-0.39, 0.29) is 112 Å². The molecule has 5 aromatic rings. The predicted molar refractivity (Wildman–Crippen MR) is 261 cm³/mol. The van der Waals surface area contributed by atoms with Crippen LogP contribution in [0, 0.1) is 12.7 Å². The molecule has 19 nitrogen and oxygen atoms in total. The van der Waals surface area contributed by atoms with Crippen LogP contribution in [0.2, 0.25) is 0 Å². The summed E-state index contributed by atoms with van der Waals surface area (Å²) in [6, 6.07) is 15.7. The maximum absolute atomic E-state index is 13.9. The van der Waals surface area contributed by atoms with Gasteiger partial charge in [-0.2, -0.15) is 0 Å². The second-order valence-electron chi connectivity index (χ2n) is 17.6. The topological polar surface area (TPSA) is 241 Å². The van der Waals surface area contributed by atoms with E-state index in [1.807, 2.05) is 47.7 Å². The number of imidazole rings is 1. The summed E-state index contributed by atoms with van der Waals surface area (Å²) in [6.07, 6.45) is 8.40. The number of nitrogens with zero attached hydrogens (tertiary/aromatic N) is 5. The predicted octanol–water partition coefficient (Wildman–Crippen LogP) is 4.66. The zero-order chi connectivity index (χ0) is 50.0. The van der Waals surface area contributed by atoms with Crippen LogP contribution in [0.15, 0.2) is 72.9 Å². The van der Waals surface area contributed by atoms with Gasteiger partial charge in [-0.05, 0) is 80.1 Å². The molecule has 71 heavy (non-hydrogen) atoms. The molecule has 0 radical (unpaired) electrons. The van der Waals surface area contributed by atoms with Crippen LogP contribution in [0.5, 0.6) is 5.75 Å². The fourth-order valence-electron chi connectivity index (χ4n) is 9.03. The molecule has 6 N–H and O–H groups in total. The summed E-state index contributed by atoms with van der Waals surface area (Å²) in [7, 11) is 1.42. The van der Waals surface area contributed by atoms with E-state index in [0.717, 1.165) is 47.1 Å². The quantitative estimate of drug-likeness (QED) is 0.0849. The first kappa shape index (κ1) is 49.7. The number of carbonyl (C=O) groups excluding carboxylic acids is 6. The van der Waals surface area contributed by atoms with Gasteiger partial charge in [-0.25, -0.2) is 19.2 Å². The number of methoxy groups -OCH3 is 1. The van der Waals surface area contributed by atoms with Crippen molar-refractivity contribution in [3.05, 3.63) is 113 Å². The molecule has 8 rings (SSSR count). The van der Waals surface area contributed by atoms with E-state index in [1.54, 1.807) is 29.3 Å². The third-order valence-corrected chi connectivity index (χ3v) is 12.7. The highest BCUT2D eigenvalue weighted by Gasteiger charge is 2.33. The molecule has 7 amide bonds. The molecule has 20 heteroatoms. The van der Waals surface area contributed by atoms with Gasteiger partial charge in [0.1, 0.15) is 34.4 Å². The van der Waals surface area contributed by atoms with Crippen LogP contribution >= 0.6 is 0 Å². The molecule has 0 spiro atoms. The SMILES string of the molecule is COc1ccc(F)cc1C(=O)NCc1ccc(-c2nc3n4c(cnc(N)c24)/C=C/CCN(C(=O)CCOCCOCCNC(=O)c2ccc(C)c(N4CCC(=O)NC4=O)c2)CC(=O)N[C@@H]2CC[C@@H]3C2)cc1. The van der Waals surface area contributed by atoms with Crippen molar-refractivity contribution in [1.29, 1.82) is 0 Å². The molecule has 2 atom stereocenters. The van der Waals surface area contributed by atoms with Crippen LogP contribution in [0.4, 0.5) is 20.7 Å². The lowest BCUT2D eigenvalue weighted by Gasteiger charge is -2.28. The number of aromatic nitrogens is 3. The number of halogens is 1. The summed E-state index contributed by atoms with van der Waals surface area (Å²) in [5, 5.41) is 11.1. The Balaban J connectivity index is 0.834. The Bertz CT molecular complexity index is 2850. The van der Waals surface area contributed by atoms with Gasteiger partial charge in [0.15, 0.2) is 0 Å². The second-order valence-corrected chi connectivity index (χ2v) is 17.6. The minimum Gasteiger partial charge on any atom is -0.496 e. The minimum atomic E-state index is -0.543. The van der Waals surface area contributed by atoms with Crippen LogP contribution in [0.1, 0.15) is 87.8 Å². The molecule has 1 saturated carbocycles. The van der Waals surface area contributed by atoms with E-state index in [2.05, 4.69) is 26.3 Å². The largest absolute Gasteiger partial charge is 0.496 e. The molecular formula is C51H57FN10O9. The monoisotopic (exact) mass is 972 g/mol. The molecule has 1 aliphatic carbocycles. The number of nitrogens with one attached hydrogen (secondary N) is 4. The average Bonchev–Trinajstić information content (AvgIpc) is 4.00. The molecule has 0 unspecified atom stereocenters. The number of fused-ring (bicyclic) bond motifs is 3. The number of imide groups is 1. The third-order valence-electron chi connectivity index (χ3n) is 12.7. The minimum absolute atomic E-state index is 0.00964. The molecule has 2 aliphatic heterocycles. The Morgan fingerprint density at radius 2 is 1.72 bits per heavy atom. The molecule has 2 aromatic heterocycles. The van der Waals surface area contributed by atoms with Gasteiger partial charge in [-0.3, -0.25) is 38.6 Å². The second kappa shape index (κ2) is 22.8. The number of amides is 7. The van der Waals surface area contributed by atoms with Gasteiger partial charge in [0.2, 0.25) is 17.7 Å². The summed E-state index contributed by atoms with van der Waals surface area (Å²) in [6.45, 7) is 3.48. The lowest BCUT2D eigenvalue weighted by Crippen LogP contribution is -2.49. The van der Waals surface area contributed by atoms with E-state index in [4.69, 9.17) is 24.9 Å². The van der Waals surface area contributed by atoms with Crippen LogP contribution in [-0.2, 0) is 30.4 Å². The van der Waals surface area contributed by atoms with Crippen molar-refractivity contribution in [3.63, 3.8) is 0 Å². The van der Waals surface area contributed by atoms with Gasteiger partial charge >= 0.3 is 6.03 Å². The van der Waals surface area contributed by atoms with E-state index in [9.17, 15) is 33.2 Å². The lowest BCUT2D eigenvalue weighted by atomic mass is 10.1. The molecule has 2 fully saturated rings. The van der Waals surface area contributed by atoms with E-state index >= 15 is 0 Å². The Labute approximate surface area is 409 Å². The molecular weight excluding hydrogens is 916 g/mol.